The van der Waals surface area contributed by atoms with Crippen LogP contribution in [0, 0.1) is 6.92 Å². The molecule has 0 spiro atoms. The van der Waals surface area contributed by atoms with Gasteiger partial charge in [-0.05, 0) is 30.2 Å². The lowest BCUT2D eigenvalue weighted by Gasteiger charge is -2.09. The maximum Gasteiger partial charge on any atom is 0.191 e. The van der Waals surface area contributed by atoms with Crippen molar-refractivity contribution < 1.29 is 4.74 Å². The zero-order chi connectivity index (χ0) is 21.5. The lowest BCUT2D eigenvalue weighted by molar-refractivity contribution is 0.289. The van der Waals surface area contributed by atoms with Crippen LogP contribution in [0.4, 0.5) is 0 Å². The first-order valence-electron chi connectivity index (χ1n) is 10.0. The van der Waals surface area contributed by atoms with Crippen molar-refractivity contribution in [2.45, 2.75) is 37.4 Å². The van der Waals surface area contributed by atoms with Crippen molar-refractivity contribution in [3.8, 4) is 5.75 Å². The van der Waals surface area contributed by atoms with Crippen LogP contribution in [0.1, 0.15) is 27.7 Å². The first-order chi connectivity index (χ1) is 15.2. The van der Waals surface area contributed by atoms with Crippen molar-refractivity contribution >= 4 is 23.1 Å². The van der Waals surface area contributed by atoms with Crippen LogP contribution in [-0.2, 0) is 25.3 Å². The third kappa shape index (κ3) is 5.83. The highest BCUT2D eigenvalue weighted by molar-refractivity contribution is 7.98. The second-order valence-electron chi connectivity index (χ2n) is 7.09. The highest BCUT2D eigenvalue weighted by Crippen LogP contribution is 2.24. The molecule has 5 nitrogen and oxygen atoms in total. The summed E-state index contributed by atoms with van der Waals surface area (Å²) in [5, 5.41) is 12.8. The van der Waals surface area contributed by atoms with Crippen molar-refractivity contribution in [3.63, 3.8) is 0 Å². The van der Waals surface area contributed by atoms with E-state index in [1.165, 1.54) is 5.56 Å². The highest BCUT2D eigenvalue weighted by atomic mass is 32.2. The molecule has 4 rings (SSSR count). The molecule has 0 aliphatic carbocycles. The Labute approximate surface area is 190 Å². The molecule has 0 fully saturated rings. The summed E-state index contributed by atoms with van der Waals surface area (Å²) in [7, 11) is 0. The fourth-order valence-corrected chi connectivity index (χ4v) is 4.90. The van der Waals surface area contributed by atoms with Crippen molar-refractivity contribution in [3.05, 3.63) is 100 Å². The van der Waals surface area contributed by atoms with E-state index in [0.717, 1.165) is 45.2 Å². The molecular weight excluding hydrogens is 424 g/mol. The van der Waals surface area contributed by atoms with E-state index in [2.05, 4.69) is 46.4 Å². The molecule has 2 aromatic carbocycles. The van der Waals surface area contributed by atoms with Gasteiger partial charge in [0, 0.05) is 24.1 Å². The van der Waals surface area contributed by atoms with E-state index < -0.39 is 0 Å². The number of aryl methyl sites for hydroxylation is 1. The van der Waals surface area contributed by atoms with Gasteiger partial charge < -0.3 is 4.74 Å². The normalized spacial score (nSPS) is 10.9. The molecule has 0 saturated heterocycles. The molecule has 0 unspecified atom stereocenters. The molecule has 31 heavy (non-hydrogen) atoms. The molecule has 0 atom stereocenters. The fourth-order valence-electron chi connectivity index (χ4n) is 3.10. The zero-order valence-corrected chi connectivity index (χ0v) is 19.0. The van der Waals surface area contributed by atoms with Crippen LogP contribution in [0.15, 0.2) is 77.8 Å². The van der Waals surface area contributed by atoms with Crippen LogP contribution >= 0.6 is 23.1 Å². The molecule has 0 N–H and O–H groups in total. The van der Waals surface area contributed by atoms with Crippen molar-refractivity contribution in [2.75, 3.05) is 0 Å². The molecular formula is C24H24N4OS2. The number of thiazole rings is 1. The van der Waals surface area contributed by atoms with Gasteiger partial charge in [-0.1, -0.05) is 60.3 Å². The van der Waals surface area contributed by atoms with Crippen LogP contribution in [0.5, 0.6) is 5.75 Å². The summed E-state index contributed by atoms with van der Waals surface area (Å²) in [4.78, 5) is 4.78. The molecule has 7 heteroatoms. The first kappa shape index (κ1) is 21.3. The lowest BCUT2D eigenvalue weighted by atomic mass is 10.2. The van der Waals surface area contributed by atoms with Crippen LogP contribution in [0.3, 0.4) is 0 Å². The minimum Gasteiger partial charge on any atom is -0.486 e. The van der Waals surface area contributed by atoms with E-state index in [-0.39, 0.29) is 0 Å². The number of allylic oxidation sites excluding steroid dienone is 1. The standard InChI is InChI=1S/C24H24N4OS2/c1-3-12-28-22(15-29-21-11-7-8-18(2)13-21)26-27-24(28)31-17-20-16-30-23(25-20)14-19-9-5-4-6-10-19/h3-11,13,16H,1,12,14-15,17H2,2H3. The number of benzene rings is 2. The van der Waals surface area contributed by atoms with Crippen molar-refractivity contribution in [1.29, 1.82) is 0 Å². The number of hydrogen-bond acceptors (Lipinski definition) is 6. The SMILES string of the molecule is C=CCn1c(COc2cccc(C)c2)nnc1SCc1csc(Cc2ccccc2)n1. The van der Waals surface area contributed by atoms with E-state index >= 15 is 0 Å². The monoisotopic (exact) mass is 448 g/mol. The average molecular weight is 449 g/mol. The molecule has 0 saturated carbocycles. The van der Waals surface area contributed by atoms with Gasteiger partial charge in [0.1, 0.15) is 12.4 Å². The predicted octanol–water partition coefficient (Wildman–Crippen LogP) is 5.69. The van der Waals surface area contributed by atoms with Gasteiger partial charge in [-0.2, -0.15) is 0 Å². The highest BCUT2D eigenvalue weighted by Gasteiger charge is 2.14. The Morgan fingerprint density at radius 2 is 2.00 bits per heavy atom. The number of rotatable bonds is 10. The number of nitrogens with zero attached hydrogens (tertiary/aromatic N) is 4. The van der Waals surface area contributed by atoms with Crippen molar-refractivity contribution in [2.24, 2.45) is 0 Å². The van der Waals surface area contributed by atoms with Crippen LogP contribution < -0.4 is 4.74 Å². The summed E-state index contributed by atoms with van der Waals surface area (Å²) in [6.45, 7) is 6.92. The van der Waals surface area contributed by atoms with Gasteiger partial charge in [-0.25, -0.2) is 4.98 Å². The summed E-state index contributed by atoms with van der Waals surface area (Å²) in [6, 6.07) is 18.4. The Kier molecular flexibility index (Phi) is 7.17. The summed E-state index contributed by atoms with van der Waals surface area (Å²) in [5.41, 5.74) is 3.50. The largest absolute Gasteiger partial charge is 0.486 e. The molecule has 0 amide bonds. The molecule has 158 valence electrons. The molecule has 2 aromatic heterocycles. The van der Waals surface area contributed by atoms with E-state index in [4.69, 9.17) is 9.72 Å². The number of aromatic nitrogens is 4. The first-order valence-corrected chi connectivity index (χ1v) is 11.9. The van der Waals surface area contributed by atoms with E-state index in [0.29, 0.717) is 13.2 Å². The molecule has 0 bridgehead atoms. The van der Waals surface area contributed by atoms with Gasteiger partial charge in [0.15, 0.2) is 11.0 Å². The van der Waals surface area contributed by atoms with Gasteiger partial charge in [0.2, 0.25) is 0 Å². The second kappa shape index (κ2) is 10.4. The minimum absolute atomic E-state index is 0.364. The quantitative estimate of drug-likeness (QED) is 0.230. The number of hydrogen-bond donors (Lipinski definition) is 0. The Bertz CT molecular complexity index is 1140. The third-order valence-electron chi connectivity index (χ3n) is 4.61. The maximum absolute atomic E-state index is 5.92. The van der Waals surface area contributed by atoms with E-state index in [1.807, 2.05) is 47.9 Å². The fraction of sp³-hybridized carbons (Fsp3) is 0.208. The predicted molar refractivity (Wildman–Crippen MR) is 127 cm³/mol. The molecule has 2 heterocycles. The van der Waals surface area contributed by atoms with Gasteiger partial charge >= 0.3 is 0 Å². The molecule has 0 aliphatic heterocycles. The van der Waals surface area contributed by atoms with Gasteiger partial charge in [0.05, 0.1) is 10.7 Å². The number of thioether (sulfide) groups is 1. The lowest BCUT2D eigenvalue weighted by Crippen LogP contribution is -2.07. The Hall–Kier alpha value is -2.90. The average Bonchev–Trinajstić information content (AvgIpc) is 3.38. The Balaban J connectivity index is 1.38. The maximum atomic E-state index is 5.92. The van der Waals surface area contributed by atoms with Crippen LogP contribution in [0.25, 0.3) is 0 Å². The Morgan fingerprint density at radius 1 is 1.13 bits per heavy atom. The van der Waals surface area contributed by atoms with Crippen LogP contribution in [0.2, 0.25) is 0 Å². The minimum atomic E-state index is 0.364. The summed E-state index contributed by atoms with van der Waals surface area (Å²) < 4.78 is 7.96. The second-order valence-corrected chi connectivity index (χ2v) is 8.97. The van der Waals surface area contributed by atoms with Gasteiger partial charge in [0.25, 0.3) is 0 Å². The zero-order valence-electron chi connectivity index (χ0n) is 17.4. The smallest absolute Gasteiger partial charge is 0.191 e. The van der Waals surface area contributed by atoms with Gasteiger partial charge in [-0.15, -0.1) is 28.1 Å². The van der Waals surface area contributed by atoms with E-state index in [9.17, 15) is 0 Å². The number of ether oxygens (including phenoxy) is 1. The molecule has 4 aromatic rings. The summed E-state index contributed by atoms with van der Waals surface area (Å²) >= 11 is 3.34. The van der Waals surface area contributed by atoms with Crippen LogP contribution in [-0.4, -0.2) is 19.7 Å². The topological polar surface area (TPSA) is 52.8 Å². The van der Waals surface area contributed by atoms with Gasteiger partial charge in [-0.3, -0.25) is 4.57 Å². The van der Waals surface area contributed by atoms with Crippen molar-refractivity contribution in [1.82, 2.24) is 19.7 Å². The molecule has 0 radical (unpaired) electrons. The Morgan fingerprint density at radius 3 is 2.81 bits per heavy atom. The summed E-state index contributed by atoms with van der Waals surface area (Å²) in [5.74, 6) is 2.36. The van der Waals surface area contributed by atoms with E-state index in [1.54, 1.807) is 23.1 Å². The molecule has 0 aliphatic rings. The third-order valence-corrected chi connectivity index (χ3v) is 6.51. The summed E-state index contributed by atoms with van der Waals surface area (Å²) in [6.07, 6.45) is 2.72.